The average molecular weight is 371 g/mol. The summed E-state index contributed by atoms with van der Waals surface area (Å²) < 4.78 is 7.77. The van der Waals surface area contributed by atoms with E-state index in [0.29, 0.717) is 30.3 Å². The molecule has 1 fully saturated rings. The minimum absolute atomic E-state index is 0.0213. The van der Waals surface area contributed by atoms with Crippen LogP contribution in [0.1, 0.15) is 65.6 Å². The van der Waals surface area contributed by atoms with Crippen LogP contribution in [0.4, 0.5) is 0 Å². The van der Waals surface area contributed by atoms with Crippen LogP contribution in [0, 0.1) is 13.8 Å². The number of aryl methyl sites for hydroxylation is 2. The molecular formula is C20H29N5O2. The molecule has 146 valence electrons. The molecule has 0 unspecified atom stereocenters. The Morgan fingerprint density at radius 2 is 1.96 bits per heavy atom. The second-order valence-electron chi connectivity index (χ2n) is 7.80. The number of carbonyl (C=O) groups is 1. The van der Waals surface area contributed by atoms with E-state index >= 15 is 0 Å². The molecule has 0 spiro atoms. The highest BCUT2D eigenvalue weighted by Crippen LogP contribution is 2.29. The number of aromatic nitrogens is 3. The molecule has 2 aliphatic rings. The average Bonchev–Trinajstić information content (AvgIpc) is 3.24. The van der Waals surface area contributed by atoms with Gasteiger partial charge in [0.05, 0.1) is 12.1 Å². The molecule has 2 aromatic heterocycles. The van der Waals surface area contributed by atoms with Crippen LogP contribution in [0.5, 0.6) is 0 Å². The summed E-state index contributed by atoms with van der Waals surface area (Å²) in [6.45, 7) is 11.4. The van der Waals surface area contributed by atoms with Crippen molar-refractivity contribution in [3.05, 3.63) is 34.8 Å². The lowest BCUT2D eigenvalue weighted by molar-refractivity contribution is 0.0703. The monoisotopic (exact) mass is 371 g/mol. The zero-order valence-corrected chi connectivity index (χ0v) is 16.6. The van der Waals surface area contributed by atoms with Gasteiger partial charge < -0.3 is 18.8 Å². The highest BCUT2D eigenvalue weighted by atomic mass is 16.3. The van der Waals surface area contributed by atoms with E-state index in [1.54, 1.807) is 0 Å². The van der Waals surface area contributed by atoms with Gasteiger partial charge in [0.15, 0.2) is 5.82 Å². The Hall–Kier alpha value is -2.15. The number of hydrogen-bond acceptors (Lipinski definition) is 5. The van der Waals surface area contributed by atoms with E-state index in [1.807, 2.05) is 24.8 Å². The summed E-state index contributed by atoms with van der Waals surface area (Å²) in [6.07, 6.45) is 3.51. The van der Waals surface area contributed by atoms with Gasteiger partial charge in [-0.05, 0) is 58.8 Å². The number of carbonyl (C=O) groups excluding carboxylic acids is 1. The fourth-order valence-corrected chi connectivity index (χ4v) is 4.40. The highest BCUT2D eigenvalue weighted by molar-refractivity contribution is 5.95. The van der Waals surface area contributed by atoms with Crippen molar-refractivity contribution < 1.29 is 9.21 Å². The molecule has 0 aromatic carbocycles. The highest BCUT2D eigenvalue weighted by Gasteiger charge is 2.30. The van der Waals surface area contributed by atoms with Crippen LogP contribution in [0.15, 0.2) is 10.5 Å². The number of nitrogens with zero attached hydrogens (tertiary/aromatic N) is 5. The standard InChI is InChI=1S/C20H29N5O2/c1-4-7-23-8-5-16(6-9-23)19-22-21-18-13-24(10-11-25(18)19)20(26)17-12-14(2)27-15(17)3/h12,16H,4-11,13H2,1-3H3. The zero-order valence-electron chi connectivity index (χ0n) is 16.6. The first kappa shape index (κ1) is 18.2. The topological polar surface area (TPSA) is 67.4 Å². The molecule has 1 saturated heterocycles. The summed E-state index contributed by atoms with van der Waals surface area (Å²) in [5.41, 5.74) is 0.656. The van der Waals surface area contributed by atoms with E-state index in [9.17, 15) is 4.79 Å². The maximum Gasteiger partial charge on any atom is 0.257 e. The molecule has 0 saturated carbocycles. The van der Waals surface area contributed by atoms with Crippen LogP contribution >= 0.6 is 0 Å². The maximum absolute atomic E-state index is 12.9. The normalized spacial score (nSPS) is 18.7. The number of amides is 1. The number of rotatable bonds is 4. The number of likely N-dealkylation sites (tertiary alicyclic amines) is 1. The van der Waals surface area contributed by atoms with E-state index in [4.69, 9.17) is 4.42 Å². The lowest BCUT2D eigenvalue weighted by Crippen LogP contribution is -2.39. The first-order chi connectivity index (χ1) is 13.1. The van der Waals surface area contributed by atoms with Crippen LogP contribution in [0.2, 0.25) is 0 Å². The summed E-state index contributed by atoms with van der Waals surface area (Å²) in [6, 6.07) is 1.83. The third-order valence-electron chi connectivity index (χ3n) is 5.83. The van der Waals surface area contributed by atoms with Crippen molar-refractivity contribution in [3.63, 3.8) is 0 Å². The van der Waals surface area contributed by atoms with Crippen LogP contribution in [0.25, 0.3) is 0 Å². The lowest BCUT2D eigenvalue weighted by Gasteiger charge is -2.33. The number of fused-ring (bicyclic) bond motifs is 1. The molecule has 2 aliphatic heterocycles. The van der Waals surface area contributed by atoms with Gasteiger partial charge in [0.1, 0.15) is 17.3 Å². The van der Waals surface area contributed by atoms with Crippen molar-refractivity contribution in [1.82, 2.24) is 24.6 Å². The van der Waals surface area contributed by atoms with Gasteiger partial charge in [0, 0.05) is 19.0 Å². The Morgan fingerprint density at radius 3 is 2.63 bits per heavy atom. The van der Waals surface area contributed by atoms with Gasteiger partial charge in [0.2, 0.25) is 0 Å². The van der Waals surface area contributed by atoms with Gasteiger partial charge in [-0.15, -0.1) is 10.2 Å². The van der Waals surface area contributed by atoms with Gasteiger partial charge >= 0.3 is 0 Å². The number of piperidine rings is 1. The molecule has 0 atom stereocenters. The predicted octanol–water partition coefficient (Wildman–Crippen LogP) is 2.73. The smallest absolute Gasteiger partial charge is 0.257 e. The fourth-order valence-electron chi connectivity index (χ4n) is 4.40. The maximum atomic E-state index is 12.9. The second kappa shape index (κ2) is 7.46. The first-order valence-corrected chi connectivity index (χ1v) is 10.1. The van der Waals surface area contributed by atoms with Crippen molar-refractivity contribution >= 4 is 5.91 Å². The van der Waals surface area contributed by atoms with Crippen molar-refractivity contribution in [1.29, 1.82) is 0 Å². The summed E-state index contributed by atoms with van der Waals surface area (Å²) >= 11 is 0. The third-order valence-corrected chi connectivity index (χ3v) is 5.83. The van der Waals surface area contributed by atoms with Gasteiger partial charge in [0.25, 0.3) is 5.91 Å². The van der Waals surface area contributed by atoms with Gasteiger partial charge in [-0.1, -0.05) is 6.92 Å². The van der Waals surface area contributed by atoms with Crippen LogP contribution < -0.4 is 0 Å². The largest absolute Gasteiger partial charge is 0.466 e. The minimum atomic E-state index is 0.0213. The van der Waals surface area contributed by atoms with E-state index in [1.165, 1.54) is 13.0 Å². The molecule has 2 aromatic rings. The Labute approximate surface area is 160 Å². The molecule has 0 radical (unpaired) electrons. The third kappa shape index (κ3) is 3.52. The van der Waals surface area contributed by atoms with Gasteiger partial charge in [-0.25, -0.2) is 0 Å². The fraction of sp³-hybridized carbons (Fsp3) is 0.650. The second-order valence-corrected chi connectivity index (χ2v) is 7.80. The molecule has 0 N–H and O–H groups in total. The molecule has 1 amide bonds. The summed E-state index contributed by atoms with van der Waals surface area (Å²) in [7, 11) is 0. The summed E-state index contributed by atoms with van der Waals surface area (Å²) in [4.78, 5) is 17.3. The lowest BCUT2D eigenvalue weighted by atomic mass is 9.95. The molecule has 27 heavy (non-hydrogen) atoms. The molecule has 7 nitrogen and oxygen atoms in total. The first-order valence-electron chi connectivity index (χ1n) is 10.1. The van der Waals surface area contributed by atoms with Crippen molar-refractivity contribution in [2.75, 3.05) is 26.2 Å². The summed E-state index contributed by atoms with van der Waals surface area (Å²) in [5, 5.41) is 8.94. The van der Waals surface area contributed by atoms with Crippen molar-refractivity contribution in [3.8, 4) is 0 Å². The molecule has 4 heterocycles. The van der Waals surface area contributed by atoms with Crippen LogP contribution in [0.3, 0.4) is 0 Å². The van der Waals surface area contributed by atoms with E-state index in [2.05, 4.69) is 26.6 Å². The molecule has 7 heteroatoms. The Morgan fingerprint density at radius 1 is 1.19 bits per heavy atom. The number of furan rings is 1. The Kier molecular flexibility index (Phi) is 5.04. The predicted molar refractivity (Wildman–Crippen MR) is 102 cm³/mol. The van der Waals surface area contributed by atoms with Crippen molar-refractivity contribution in [2.45, 2.75) is 59.0 Å². The molecule has 4 rings (SSSR count). The van der Waals surface area contributed by atoms with E-state index in [-0.39, 0.29) is 5.91 Å². The van der Waals surface area contributed by atoms with Crippen molar-refractivity contribution in [2.24, 2.45) is 0 Å². The Balaban J connectivity index is 1.45. The zero-order chi connectivity index (χ0) is 19.0. The van der Waals surface area contributed by atoms with E-state index < -0.39 is 0 Å². The minimum Gasteiger partial charge on any atom is -0.466 e. The quantitative estimate of drug-likeness (QED) is 0.827. The van der Waals surface area contributed by atoms with Gasteiger partial charge in [-0.3, -0.25) is 4.79 Å². The van der Waals surface area contributed by atoms with Crippen LogP contribution in [-0.2, 0) is 13.1 Å². The van der Waals surface area contributed by atoms with Crippen LogP contribution in [-0.4, -0.2) is 56.7 Å². The molecule has 0 bridgehead atoms. The number of hydrogen-bond donors (Lipinski definition) is 0. The SMILES string of the molecule is CCCN1CCC(c2nnc3n2CCN(C(=O)c2cc(C)oc2C)C3)CC1. The molecular weight excluding hydrogens is 342 g/mol. The van der Waals surface area contributed by atoms with Gasteiger partial charge in [-0.2, -0.15) is 0 Å². The van der Waals surface area contributed by atoms with E-state index in [0.717, 1.165) is 49.9 Å². The summed E-state index contributed by atoms with van der Waals surface area (Å²) in [5.74, 6) is 3.98. The Bertz CT molecular complexity index is 816. The molecule has 0 aliphatic carbocycles.